The van der Waals surface area contributed by atoms with Crippen molar-refractivity contribution in [3.05, 3.63) is 29.8 Å². The molecule has 84 valence electrons. The molecular weight excluding hydrogens is 204 g/mol. The van der Waals surface area contributed by atoms with Crippen LogP contribution in [0, 0.1) is 6.92 Å². The van der Waals surface area contributed by atoms with E-state index in [1.165, 1.54) is 0 Å². The van der Waals surface area contributed by atoms with Crippen LogP contribution in [-0.2, 0) is 0 Å². The molecule has 0 aromatic heterocycles. The van der Waals surface area contributed by atoms with Crippen LogP contribution in [0.1, 0.15) is 12.5 Å². The van der Waals surface area contributed by atoms with Gasteiger partial charge in [-0.15, -0.1) is 0 Å². The van der Waals surface area contributed by atoms with E-state index in [-0.39, 0.29) is 11.5 Å². The lowest BCUT2D eigenvalue weighted by atomic mass is 10.0. The molecule has 0 amide bonds. The number of ether oxygens (including phenoxy) is 1. The second-order valence-electron chi connectivity index (χ2n) is 3.63. The van der Waals surface area contributed by atoms with Crippen molar-refractivity contribution < 1.29 is 14.9 Å². The Kier molecular flexibility index (Phi) is 2.60. The molecule has 0 saturated heterocycles. The number of aromatic hydroxyl groups is 2. The van der Waals surface area contributed by atoms with Gasteiger partial charge in [0.25, 0.3) is 0 Å². The monoisotopic (exact) mass is 218 g/mol. The molecule has 3 nitrogen and oxygen atoms in total. The summed E-state index contributed by atoms with van der Waals surface area (Å²) in [5.41, 5.74) is 0.568. The van der Waals surface area contributed by atoms with Gasteiger partial charge in [0.15, 0.2) is 11.5 Å². The first-order valence-electron chi connectivity index (χ1n) is 5.22. The number of phenolic OH excluding ortho intramolecular Hbond substituents is 2. The first-order chi connectivity index (χ1) is 7.66. The second-order valence-corrected chi connectivity index (χ2v) is 3.63. The Morgan fingerprint density at radius 2 is 1.62 bits per heavy atom. The van der Waals surface area contributed by atoms with E-state index in [9.17, 15) is 10.2 Å². The third-order valence-electron chi connectivity index (χ3n) is 2.64. The maximum atomic E-state index is 10.0. The summed E-state index contributed by atoms with van der Waals surface area (Å²) >= 11 is 0. The molecule has 16 heavy (non-hydrogen) atoms. The molecule has 0 aliphatic rings. The van der Waals surface area contributed by atoms with Gasteiger partial charge in [0.2, 0.25) is 0 Å². The van der Waals surface area contributed by atoms with Crippen LogP contribution in [-0.4, -0.2) is 16.8 Å². The summed E-state index contributed by atoms with van der Waals surface area (Å²) in [6.45, 7) is 4.02. The fourth-order valence-corrected chi connectivity index (χ4v) is 1.83. The Morgan fingerprint density at radius 3 is 2.19 bits per heavy atom. The van der Waals surface area contributed by atoms with Gasteiger partial charge in [-0.3, -0.25) is 0 Å². The highest BCUT2D eigenvalue weighted by atomic mass is 16.5. The van der Waals surface area contributed by atoms with Gasteiger partial charge in [-0.05, 0) is 13.8 Å². The van der Waals surface area contributed by atoms with Crippen molar-refractivity contribution in [3.8, 4) is 17.2 Å². The Morgan fingerprint density at radius 1 is 1.06 bits per heavy atom. The molecule has 3 heteroatoms. The van der Waals surface area contributed by atoms with E-state index in [0.717, 1.165) is 0 Å². The molecule has 2 aromatic rings. The van der Waals surface area contributed by atoms with Gasteiger partial charge >= 0.3 is 0 Å². The second kappa shape index (κ2) is 3.93. The lowest BCUT2D eigenvalue weighted by Crippen LogP contribution is -1.95. The molecule has 0 saturated carbocycles. The first-order valence-corrected chi connectivity index (χ1v) is 5.22. The quantitative estimate of drug-likeness (QED) is 0.762. The van der Waals surface area contributed by atoms with Gasteiger partial charge in [-0.1, -0.05) is 24.3 Å². The molecule has 0 atom stereocenters. The number of rotatable bonds is 2. The molecule has 0 radical (unpaired) electrons. The van der Waals surface area contributed by atoms with Crippen molar-refractivity contribution in [1.29, 1.82) is 0 Å². The molecule has 0 aliphatic heterocycles. The van der Waals surface area contributed by atoms with Gasteiger partial charge in [-0.25, -0.2) is 0 Å². The van der Waals surface area contributed by atoms with Crippen molar-refractivity contribution in [2.24, 2.45) is 0 Å². The molecule has 2 aromatic carbocycles. The highest BCUT2D eigenvalue weighted by Crippen LogP contribution is 2.43. The summed E-state index contributed by atoms with van der Waals surface area (Å²) in [6.07, 6.45) is 0. The minimum absolute atomic E-state index is 0.0905. The summed E-state index contributed by atoms with van der Waals surface area (Å²) in [5.74, 6) is 0.614. The molecule has 0 aliphatic carbocycles. The van der Waals surface area contributed by atoms with E-state index in [0.29, 0.717) is 28.7 Å². The summed E-state index contributed by atoms with van der Waals surface area (Å²) < 4.78 is 5.35. The average molecular weight is 218 g/mol. The van der Waals surface area contributed by atoms with Gasteiger partial charge in [0.1, 0.15) is 5.75 Å². The molecular formula is C13H14O3. The SMILES string of the molecule is CCOc1c(C)c(O)c2ccccc2c1O. The third-order valence-corrected chi connectivity index (χ3v) is 2.64. The van der Waals surface area contributed by atoms with Crippen LogP contribution in [0.5, 0.6) is 17.2 Å². The molecule has 0 fully saturated rings. The van der Waals surface area contributed by atoms with E-state index in [1.807, 2.05) is 19.1 Å². The number of fused-ring (bicyclic) bond motifs is 1. The lowest BCUT2D eigenvalue weighted by Gasteiger charge is -2.13. The topological polar surface area (TPSA) is 49.7 Å². The van der Waals surface area contributed by atoms with E-state index >= 15 is 0 Å². The Bertz CT molecular complexity index is 532. The van der Waals surface area contributed by atoms with E-state index < -0.39 is 0 Å². The maximum absolute atomic E-state index is 10.0. The summed E-state index contributed by atoms with van der Waals surface area (Å²) in [5, 5.41) is 21.3. The van der Waals surface area contributed by atoms with Crippen LogP contribution in [0.3, 0.4) is 0 Å². The Balaban J connectivity index is 2.83. The van der Waals surface area contributed by atoms with Crippen LogP contribution < -0.4 is 4.74 Å². The lowest BCUT2D eigenvalue weighted by molar-refractivity contribution is 0.315. The number of hydrogen-bond donors (Lipinski definition) is 2. The van der Waals surface area contributed by atoms with Gasteiger partial charge in [0, 0.05) is 16.3 Å². The minimum Gasteiger partial charge on any atom is -0.507 e. The van der Waals surface area contributed by atoms with E-state index in [2.05, 4.69) is 0 Å². The Labute approximate surface area is 93.9 Å². The molecule has 0 bridgehead atoms. The van der Waals surface area contributed by atoms with Crippen LogP contribution in [0.15, 0.2) is 24.3 Å². The smallest absolute Gasteiger partial charge is 0.168 e. The van der Waals surface area contributed by atoms with Gasteiger partial charge < -0.3 is 14.9 Å². The molecule has 2 rings (SSSR count). The van der Waals surface area contributed by atoms with Gasteiger partial charge in [0.05, 0.1) is 6.61 Å². The maximum Gasteiger partial charge on any atom is 0.168 e. The number of hydrogen-bond acceptors (Lipinski definition) is 3. The van der Waals surface area contributed by atoms with Crippen LogP contribution in [0.25, 0.3) is 10.8 Å². The summed E-state index contributed by atoms with van der Waals surface area (Å²) in [4.78, 5) is 0. The fourth-order valence-electron chi connectivity index (χ4n) is 1.83. The van der Waals surface area contributed by atoms with Crippen molar-refractivity contribution in [3.63, 3.8) is 0 Å². The van der Waals surface area contributed by atoms with Crippen molar-refractivity contribution >= 4 is 10.8 Å². The molecule has 0 heterocycles. The van der Waals surface area contributed by atoms with E-state index in [4.69, 9.17) is 4.74 Å². The van der Waals surface area contributed by atoms with Crippen LogP contribution in [0.2, 0.25) is 0 Å². The van der Waals surface area contributed by atoms with E-state index in [1.54, 1.807) is 19.1 Å². The standard InChI is InChI=1S/C13H14O3/c1-3-16-13-8(2)11(14)9-6-4-5-7-10(9)12(13)15/h4-7,14-15H,3H2,1-2H3. The first kappa shape index (κ1) is 10.6. The largest absolute Gasteiger partial charge is 0.507 e. The predicted octanol–water partition coefficient (Wildman–Crippen LogP) is 2.96. The highest BCUT2D eigenvalue weighted by Gasteiger charge is 2.16. The highest BCUT2D eigenvalue weighted by molar-refractivity contribution is 5.96. The average Bonchev–Trinajstić information content (AvgIpc) is 2.32. The van der Waals surface area contributed by atoms with Crippen LogP contribution in [0.4, 0.5) is 0 Å². The minimum atomic E-state index is 0.0905. The molecule has 0 spiro atoms. The van der Waals surface area contributed by atoms with Crippen molar-refractivity contribution in [2.45, 2.75) is 13.8 Å². The molecule has 0 unspecified atom stereocenters. The van der Waals surface area contributed by atoms with Gasteiger partial charge in [-0.2, -0.15) is 0 Å². The summed E-state index contributed by atoms with van der Waals surface area (Å²) in [7, 11) is 0. The number of phenols is 2. The van der Waals surface area contributed by atoms with Crippen molar-refractivity contribution in [1.82, 2.24) is 0 Å². The Hall–Kier alpha value is -1.90. The normalized spacial score (nSPS) is 10.6. The third kappa shape index (κ3) is 1.45. The zero-order chi connectivity index (χ0) is 11.7. The zero-order valence-corrected chi connectivity index (χ0v) is 9.32. The van der Waals surface area contributed by atoms with Crippen LogP contribution >= 0.6 is 0 Å². The molecule has 2 N–H and O–H groups in total. The number of benzene rings is 2. The fraction of sp³-hybridized carbons (Fsp3) is 0.231. The van der Waals surface area contributed by atoms with Crippen molar-refractivity contribution in [2.75, 3.05) is 6.61 Å². The zero-order valence-electron chi connectivity index (χ0n) is 9.32. The summed E-state index contributed by atoms with van der Waals surface area (Å²) in [6, 6.07) is 7.16. The predicted molar refractivity (Wildman–Crippen MR) is 63.2 cm³/mol.